The van der Waals surface area contributed by atoms with Crippen LogP contribution in [0.5, 0.6) is 0 Å². The summed E-state index contributed by atoms with van der Waals surface area (Å²) in [5, 5.41) is 5.25. The maximum absolute atomic E-state index is 6.28. The second-order valence-corrected chi connectivity index (χ2v) is 5.67. The van der Waals surface area contributed by atoms with E-state index in [0.717, 1.165) is 23.5 Å². The lowest BCUT2D eigenvalue weighted by Gasteiger charge is -2.17. The van der Waals surface area contributed by atoms with Gasteiger partial charge < -0.3 is 10.3 Å². The third kappa shape index (κ3) is 2.82. The van der Waals surface area contributed by atoms with Crippen LogP contribution in [0.4, 0.5) is 0 Å². The fourth-order valence-corrected chi connectivity index (χ4v) is 3.13. The highest BCUT2D eigenvalue weighted by Gasteiger charge is 2.18. The Morgan fingerprint density at radius 1 is 1.10 bits per heavy atom. The van der Waals surface area contributed by atoms with Crippen LogP contribution < -0.4 is 5.32 Å². The minimum absolute atomic E-state index is 0.367. The standard InChI is InChI=1S/C18H19ClN2/c1-20-11-10-14(13-6-3-2-4-7-13)16-12-21-18-15(16)8-5-9-17(18)19/h2-9,12,14,20-21H,10-11H2,1H3. The third-order valence-electron chi connectivity index (χ3n) is 3.96. The van der Waals surface area contributed by atoms with Crippen LogP contribution in [0.3, 0.4) is 0 Å². The van der Waals surface area contributed by atoms with E-state index in [4.69, 9.17) is 11.6 Å². The molecule has 0 saturated heterocycles. The Hall–Kier alpha value is -1.77. The van der Waals surface area contributed by atoms with Crippen molar-refractivity contribution in [2.75, 3.05) is 13.6 Å². The lowest BCUT2D eigenvalue weighted by Crippen LogP contribution is -2.13. The molecular formula is C18H19ClN2. The number of H-pyrrole nitrogens is 1. The van der Waals surface area contributed by atoms with Gasteiger partial charge in [0.15, 0.2) is 0 Å². The minimum atomic E-state index is 0.367. The Labute approximate surface area is 130 Å². The molecule has 108 valence electrons. The molecule has 1 aromatic heterocycles. The first-order valence-corrected chi connectivity index (χ1v) is 7.64. The van der Waals surface area contributed by atoms with Gasteiger partial charge in [0.2, 0.25) is 0 Å². The Morgan fingerprint density at radius 2 is 1.90 bits per heavy atom. The molecule has 3 aromatic rings. The summed E-state index contributed by atoms with van der Waals surface area (Å²) in [5.41, 5.74) is 3.68. The first-order valence-electron chi connectivity index (χ1n) is 7.26. The molecule has 0 aliphatic heterocycles. The van der Waals surface area contributed by atoms with Crippen LogP contribution in [0, 0.1) is 0 Å². The van der Waals surface area contributed by atoms with E-state index in [1.165, 1.54) is 16.5 Å². The monoisotopic (exact) mass is 298 g/mol. The van der Waals surface area contributed by atoms with Gasteiger partial charge in [0, 0.05) is 17.5 Å². The van der Waals surface area contributed by atoms with Gasteiger partial charge >= 0.3 is 0 Å². The predicted molar refractivity (Wildman–Crippen MR) is 90.1 cm³/mol. The van der Waals surface area contributed by atoms with E-state index in [2.05, 4.69) is 52.9 Å². The van der Waals surface area contributed by atoms with E-state index >= 15 is 0 Å². The number of fused-ring (bicyclic) bond motifs is 1. The summed E-state index contributed by atoms with van der Waals surface area (Å²) in [4.78, 5) is 3.33. The summed E-state index contributed by atoms with van der Waals surface area (Å²) in [5.74, 6) is 0.367. The molecule has 0 radical (unpaired) electrons. The van der Waals surface area contributed by atoms with E-state index in [1.807, 2.05) is 19.2 Å². The molecule has 2 N–H and O–H groups in total. The Bertz CT molecular complexity index is 718. The molecule has 0 aliphatic rings. The van der Waals surface area contributed by atoms with Gasteiger partial charge in [0.25, 0.3) is 0 Å². The molecule has 2 aromatic carbocycles. The number of benzene rings is 2. The highest BCUT2D eigenvalue weighted by Crippen LogP contribution is 2.35. The average molecular weight is 299 g/mol. The van der Waals surface area contributed by atoms with Crippen molar-refractivity contribution < 1.29 is 0 Å². The number of aromatic nitrogens is 1. The second-order valence-electron chi connectivity index (χ2n) is 5.26. The molecule has 0 saturated carbocycles. The van der Waals surface area contributed by atoms with Crippen LogP contribution in [0.2, 0.25) is 5.02 Å². The maximum Gasteiger partial charge on any atom is 0.0647 e. The molecular weight excluding hydrogens is 280 g/mol. The number of para-hydroxylation sites is 1. The molecule has 1 unspecified atom stereocenters. The SMILES string of the molecule is CNCCC(c1ccccc1)c1c[nH]c2c(Cl)cccc12. The molecule has 2 nitrogen and oxygen atoms in total. The topological polar surface area (TPSA) is 27.8 Å². The lowest BCUT2D eigenvalue weighted by molar-refractivity contribution is 0.664. The molecule has 1 atom stereocenters. The van der Waals surface area contributed by atoms with Gasteiger partial charge in [-0.05, 0) is 37.2 Å². The van der Waals surface area contributed by atoms with Gasteiger partial charge in [0.05, 0.1) is 10.5 Å². The number of aromatic amines is 1. The van der Waals surface area contributed by atoms with Gasteiger partial charge in [-0.1, -0.05) is 54.1 Å². The highest BCUT2D eigenvalue weighted by atomic mass is 35.5. The van der Waals surface area contributed by atoms with Gasteiger partial charge in [-0.2, -0.15) is 0 Å². The van der Waals surface area contributed by atoms with E-state index in [9.17, 15) is 0 Å². The molecule has 1 heterocycles. The van der Waals surface area contributed by atoms with Crippen molar-refractivity contribution in [3.05, 3.63) is 70.9 Å². The lowest BCUT2D eigenvalue weighted by atomic mass is 9.88. The molecule has 0 amide bonds. The van der Waals surface area contributed by atoms with Crippen molar-refractivity contribution in [3.8, 4) is 0 Å². The van der Waals surface area contributed by atoms with E-state index < -0.39 is 0 Å². The zero-order valence-electron chi connectivity index (χ0n) is 12.1. The number of hydrogen-bond donors (Lipinski definition) is 2. The van der Waals surface area contributed by atoms with Crippen molar-refractivity contribution in [2.45, 2.75) is 12.3 Å². The van der Waals surface area contributed by atoms with Gasteiger partial charge in [-0.25, -0.2) is 0 Å². The summed E-state index contributed by atoms with van der Waals surface area (Å²) in [6.45, 7) is 0.979. The van der Waals surface area contributed by atoms with E-state index in [-0.39, 0.29) is 0 Å². The first-order chi connectivity index (χ1) is 10.3. The third-order valence-corrected chi connectivity index (χ3v) is 4.27. The normalized spacial score (nSPS) is 12.7. The number of hydrogen-bond acceptors (Lipinski definition) is 1. The number of halogens is 1. The fraction of sp³-hybridized carbons (Fsp3) is 0.222. The molecule has 0 aliphatic carbocycles. The van der Waals surface area contributed by atoms with Crippen LogP contribution in [-0.4, -0.2) is 18.6 Å². The van der Waals surface area contributed by atoms with Crippen LogP contribution >= 0.6 is 11.6 Å². The van der Waals surface area contributed by atoms with Crippen molar-refractivity contribution in [1.82, 2.24) is 10.3 Å². The first kappa shape index (κ1) is 14.2. The zero-order chi connectivity index (χ0) is 14.7. The molecule has 3 heteroatoms. The van der Waals surface area contributed by atoms with Crippen molar-refractivity contribution >= 4 is 22.5 Å². The Kier molecular flexibility index (Phi) is 4.28. The molecule has 3 rings (SSSR count). The Balaban J connectivity index is 2.08. The summed E-state index contributed by atoms with van der Waals surface area (Å²) in [6, 6.07) is 16.7. The quantitative estimate of drug-likeness (QED) is 0.710. The second kappa shape index (κ2) is 6.33. The zero-order valence-corrected chi connectivity index (χ0v) is 12.8. The van der Waals surface area contributed by atoms with Crippen molar-refractivity contribution in [1.29, 1.82) is 0 Å². The minimum Gasteiger partial charge on any atom is -0.360 e. The van der Waals surface area contributed by atoms with E-state index in [1.54, 1.807) is 0 Å². The van der Waals surface area contributed by atoms with Gasteiger partial charge in [-0.3, -0.25) is 0 Å². The van der Waals surface area contributed by atoms with E-state index in [0.29, 0.717) is 5.92 Å². The number of rotatable bonds is 5. The maximum atomic E-state index is 6.28. The predicted octanol–water partition coefficient (Wildman–Crippen LogP) is 4.56. The molecule has 0 spiro atoms. The Morgan fingerprint density at radius 3 is 2.67 bits per heavy atom. The van der Waals surface area contributed by atoms with Crippen LogP contribution in [0.1, 0.15) is 23.5 Å². The summed E-state index contributed by atoms with van der Waals surface area (Å²) in [6.07, 6.45) is 3.16. The molecule has 0 fully saturated rings. The van der Waals surface area contributed by atoms with Crippen molar-refractivity contribution in [2.24, 2.45) is 0 Å². The highest BCUT2D eigenvalue weighted by molar-refractivity contribution is 6.35. The van der Waals surface area contributed by atoms with Crippen LogP contribution in [0.25, 0.3) is 10.9 Å². The van der Waals surface area contributed by atoms with Crippen LogP contribution in [-0.2, 0) is 0 Å². The number of nitrogens with one attached hydrogen (secondary N) is 2. The van der Waals surface area contributed by atoms with Crippen molar-refractivity contribution in [3.63, 3.8) is 0 Å². The summed E-state index contributed by atoms with van der Waals surface area (Å²) < 4.78 is 0. The average Bonchev–Trinajstić information content (AvgIpc) is 2.94. The molecule has 21 heavy (non-hydrogen) atoms. The smallest absolute Gasteiger partial charge is 0.0647 e. The van der Waals surface area contributed by atoms with Gasteiger partial charge in [-0.15, -0.1) is 0 Å². The van der Waals surface area contributed by atoms with Gasteiger partial charge in [0.1, 0.15) is 0 Å². The fourth-order valence-electron chi connectivity index (χ4n) is 2.90. The summed E-state index contributed by atoms with van der Waals surface area (Å²) >= 11 is 6.28. The molecule has 0 bridgehead atoms. The van der Waals surface area contributed by atoms with Crippen LogP contribution in [0.15, 0.2) is 54.7 Å². The summed E-state index contributed by atoms with van der Waals surface area (Å²) in [7, 11) is 1.99. The largest absolute Gasteiger partial charge is 0.360 e.